The lowest BCUT2D eigenvalue weighted by Gasteiger charge is -1.98. The Kier molecular flexibility index (Phi) is 2.03. The second-order valence-electron chi connectivity index (χ2n) is 2.57. The van der Waals surface area contributed by atoms with Crippen molar-refractivity contribution in [3.8, 4) is 0 Å². The van der Waals surface area contributed by atoms with Crippen molar-refractivity contribution in [2.24, 2.45) is 0 Å². The predicted molar refractivity (Wildman–Crippen MR) is 41.4 cm³/mol. The molecule has 0 spiro atoms. The molecular weight excluding hydrogens is 143 g/mol. The van der Waals surface area contributed by atoms with Crippen LogP contribution in [0.4, 0.5) is 4.39 Å². The van der Waals surface area contributed by atoms with Crippen LogP contribution in [0.1, 0.15) is 21.5 Å². The molecule has 0 aliphatic carbocycles. The molecule has 0 N–H and O–H groups in total. The van der Waals surface area contributed by atoms with Gasteiger partial charge in [-0.25, -0.2) is 0 Å². The summed E-state index contributed by atoms with van der Waals surface area (Å²) >= 11 is 0. The van der Waals surface area contributed by atoms with Crippen LogP contribution in [-0.4, -0.2) is 6.04 Å². The highest BCUT2D eigenvalue weighted by molar-refractivity contribution is 5.88. The van der Waals surface area contributed by atoms with Gasteiger partial charge in [0.25, 0.3) is 0 Å². The van der Waals surface area contributed by atoms with Crippen LogP contribution in [0.25, 0.3) is 0 Å². The van der Waals surface area contributed by atoms with Crippen LogP contribution in [0.2, 0.25) is 0 Å². The SMILES string of the molecule is Cc1ccc(C(=O)F)cc1C. The summed E-state index contributed by atoms with van der Waals surface area (Å²) in [6.07, 6.45) is 0. The van der Waals surface area contributed by atoms with Gasteiger partial charge in [-0.05, 0) is 37.1 Å². The summed E-state index contributed by atoms with van der Waals surface area (Å²) in [7, 11) is 0. The first-order valence-corrected chi connectivity index (χ1v) is 3.38. The molecule has 0 heterocycles. The van der Waals surface area contributed by atoms with Gasteiger partial charge in [0, 0.05) is 0 Å². The lowest BCUT2D eigenvalue weighted by atomic mass is 10.1. The first-order chi connectivity index (χ1) is 5.11. The van der Waals surface area contributed by atoms with Gasteiger partial charge in [-0.15, -0.1) is 0 Å². The zero-order chi connectivity index (χ0) is 8.43. The van der Waals surface area contributed by atoms with E-state index in [0.717, 1.165) is 11.1 Å². The van der Waals surface area contributed by atoms with Gasteiger partial charge in [0.05, 0.1) is 5.56 Å². The van der Waals surface area contributed by atoms with Crippen molar-refractivity contribution < 1.29 is 9.18 Å². The number of hydrogen-bond donors (Lipinski definition) is 0. The van der Waals surface area contributed by atoms with Gasteiger partial charge in [0.1, 0.15) is 0 Å². The molecule has 0 saturated carbocycles. The van der Waals surface area contributed by atoms with Crippen LogP contribution < -0.4 is 0 Å². The standard InChI is InChI=1S/C9H9FO/c1-6-3-4-8(9(10)11)5-7(6)2/h3-5H,1-2H3. The van der Waals surface area contributed by atoms with Gasteiger partial charge in [-0.1, -0.05) is 6.07 Å². The summed E-state index contributed by atoms with van der Waals surface area (Å²) < 4.78 is 12.1. The normalized spacial score (nSPS) is 9.73. The summed E-state index contributed by atoms with van der Waals surface area (Å²) in [4.78, 5) is 10.2. The molecule has 1 nitrogen and oxygen atoms in total. The molecule has 0 unspecified atom stereocenters. The molecule has 0 bridgehead atoms. The fourth-order valence-corrected chi connectivity index (χ4v) is 0.864. The maximum absolute atomic E-state index is 12.1. The number of carbonyl (C=O) groups is 1. The molecule has 1 rings (SSSR count). The Bertz CT molecular complexity index is 292. The van der Waals surface area contributed by atoms with E-state index in [2.05, 4.69) is 0 Å². The highest BCUT2D eigenvalue weighted by atomic mass is 19.1. The maximum Gasteiger partial charge on any atom is 0.332 e. The summed E-state index contributed by atoms with van der Waals surface area (Å²) in [5, 5.41) is 0. The lowest BCUT2D eigenvalue weighted by Crippen LogP contribution is -1.91. The van der Waals surface area contributed by atoms with Gasteiger partial charge in [0.2, 0.25) is 0 Å². The zero-order valence-corrected chi connectivity index (χ0v) is 6.52. The number of carbonyl (C=O) groups excluding carboxylic acids is 1. The Labute approximate surface area is 64.9 Å². The molecule has 1 aromatic carbocycles. The zero-order valence-electron chi connectivity index (χ0n) is 6.52. The van der Waals surface area contributed by atoms with Crippen molar-refractivity contribution in [1.29, 1.82) is 0 Å². The molecule has 0 aromatic heterocycles. The number of aryl methyl sites for hydroxylation is 2. The Hall–Kier alpha value is -1.18. The van der Waals surface area contributed by atoms with E-state index >= 15 is 0 Å². The monoisotopic (exact) mass is 152 g/mol. The van der Waals surface area contributed by atoms with E-state index in [1.807, 2.05) is 13.8 Å². The van der Waals surface area contributed by atoms with E-state index in [0.29, 0.717) is 0 Å². The predicted octanol–water partition coefficient (Wildman–Crippen LogP) is 2.41. The van der Waals surface area contributed by atoms with Crippen molar-refractivity contribution in [2.75, 3.05) is 0 Å². The Morgan fingerprint density at radius 1 is 1.27 bits per heavy atom. The maximum atomic E-state index is 12.1. The van der Waals surface area contributed by atoms with Crippen LogP contribution in [-0.2, 0) is 0 Å². The van der Waals surface area contributed by atoms with Crippen molar-refractivity contribution in [3.05, 3.63) is 34.9 Å². The molecule has 58 valence electrons. The van der Waals surface area contributed by atoms with Gasteiger partial charge < -0.3 is 0 Å². The van der Waals surface area contributed by atoms with Gasteiger partial charge in [-0.3, -0.25) is 4.79 Å². The Morgan fingerprint density at radius 3 is 2.36 bits per heavy atom. The molecule has 0 atom stereocenters. The third-order valence-corrected chi connectivity index (χ3v) is 1.73. The van der Waals surface area contributed by atoms with E-state index in [9.17, 15) is 9.18 Å². The molecule has 0 amide bonds. The van der Waals surface area contributed by atoms with Crippen LogP contribution in [0, 0.1) is 13.8 Å². The molecule has 0 radical (unpaired) electrons. The quantitative estimate of drug-likeness (QED) is 0.565. The van der Waals surface area contributed by atoms with E-state index < -0.39 is 6.04 Å². The van der Waals surface area contributed by atoms with E-state index in [4.69, 9.17) is 0 Å². The third kappa shape index (κ3) is 1.64. The fourth-order valence-electron chi connectivity index (χ4n) is 0.864. The van der Waals surface area contributed by atoms with Gasteiger partial charge in [0.15, 0.2) is 0 Å². The summed E-state index contributed by atoms with van der Waals surface area (Å²) in [5.41, 5.74) is 2.14. The largest absolute Gasteiger partial charge is 0.332 e. The van der Waals surface area contributed by atoms with E-state index in [1.165, 1.54) is 6.07 Å². The molecule has 11 heavy (non-hydrogen) atoms. The summed E-state index contributed by atoms with van der Waals surface area (Å²) in [6.45, 7) is 3.77. The lowest BCUT2D eigenvalue weighted by molar-refractivity contribution is 0.0836. The minimum absolute atomic E-state index is 0.133. The average molecular weight is 152 g/mol. The number of rotatable bonds is 1. The molecular formula is C9H9FO. The van der Waals surface area contributed by atoms with Crippen molar-refractivity contribution in [2.45, 2.75) is 13.8 Å². The summed E-state index contributed by atoms with van der Waals surface area (Å²) in [6, 6.07) is 3.41. The molecule has 0 saturated heterocycles. The van der Waals surface area contributed by atoms with Crippen LogP contribution >= 0.6 is 0 Å². The molecule has 2 heteroatoms. The van der Waals surface area contributed by atoms with Gasteiger partial charge in [-0.2, -0.15) is 4.39 Å². The first-order valence-electron chi connectivity index (χ1n) is 3.38. The van der Waals surface area contributed by atoms with Crippen LogP contribution in [0.15, 0.2) is 18.2 Å². The number of halogens is 1. The highest BCUT2D eigenvalue weighted by Crippen LogP contribution is 2.10. The average Bonchev–Trinajstić information content (AvgIpc) is 1.94. The van der Waals surface area contributed by atoms with Crippen LogP contribution in [0.3, 0.4) is 0 Å². The van der Waals surface area contributed by atoms with E-state index in [1.54, 1.807) is 12.1 Å². The second kappa shape index (κ2) is 2.82. The molecule has 0 aliphatic heterocycles. The van der Waals surface area contributed by atoms with Gasteiger partial charge >= 0.3 is 6.04 Å². The Morgan fingerprint density at radius 2 is 1.91 bits per heavy atom. The summed E-state index contributed by atoms with van der Waals surface area (Å²) in [5.74, 6) is 0. The fraction of sp³-hybridized carbons (Fsp3) is 0.222. The van der Waals surface area contributed by atoms with Crippen molar-refractivity contribution in [3.63, 3.8) is 0 Å². The van der Waals surface area contributed by atoms with Crippen LogP contribution in [0.5, 0.6) is 0 Å². The first kappa shape index (κ1) is 7.92. The number of benzene rings is 1. The molecule has 1 aromatic rings. The van der Waals surface area contributed by atoms with Crippen molar-refractivity contribution in [1.82, 2.24) is 0 Å². The number of hydrogen-bond acceptors (Lipinski definition) is 1. The molecule has 0 fully saturated rings. The Balaban J connectivity index is 3.15. The minimum Gasteiger partial charge on any atom is -0.255 e. The van der Waals surface area contributed by atoms with E-state index in [-0.39, 0.29) is 5.56 Å². The molecule has 0 aliphatic rings. The topological polar surface area (TPSA) is 17.1 Å². The minimum atomic E-state index is -1.37. The smallest absolute Gasteiger partial charge is 0.255 e. The van der Waals surface area contributed by atoms with Crippen molar-refractivity contribution >= 4 is 6.04 Å². The third-order valence-electron chi connectivity index (χ3n) is 1.73. The second-order valence-corrected chi connectivity index (χ2v) is 2.57. The highest BCUT2D eigenvalue weighted by Gasteiger charge is 2.03.